The molecule has 0 saturated carbocycles. The molecule has 4 heterocycles. The van der Waals surface area contributed by atoms with E-state index in [0.717, 1.165) is 25.9 Å². The fourth-order valence-corrected chi connectivity index (χ4v) is 4.75. The van der Waals surface area contributed by atoms with Gasteiger partial charge in [-0.2, -0.15) is 0 Å². The molecule has 0 aliphatic carbocycles. The predicted molar refractivity (Wildman–Crippen MR) is 108 cm³/mol. The minimum absolute atomic E-state index is 0.0148. The van der Waals surface area contributed by atoms with Gasteiger partial charge in [-0.3, -0.25) is 0 Å². The summed E-state index contributed by atoms with van der Waals surface area (Å²) >= 11 is 7.38. The number of rotatable bonds is 4. The molecule has 2 aromatic rings. The summed E-state index contributed by atoms with van der Waals surface area (Å²) in [5.41, 5.74) is 12.5. The van der Waals surface area contributed by atoms with Crippen molar-refractivity contribution in [1.82, 2.24) is 15.0 Å². The van der Waals surface area contributed by atoms with Crippen LogP contribution >= 0.6 is 23.4 Å². The normalized spacial score (nSPS) is 21.9. The number of halogens is 1. The molecule has 0 aromatic carbocycles. The molecule has 4 rings (SSSR count). The number of aliphatic hydroxyl groups excluding tert-OH is 1. The molecule has 1 atom stereocenters. The summed E-state index contributed by atoms with van der Waals surface area (Å²) < 4.78 is 13.9. The molecule has 0 unspecified atom stereocenters. The number of ether oxygens (including phenoxy) is 1. The van der Waals surface area contributed by atoms with Crippen LogP contribution < -0.4 is 16.4 Å². The van der Waals surface area contributed by atoms with Crippen molar-refractivity contribution < 1.29 is 11.2 Å². The average molecular weight is 424 g/mol. The van der Waals surface area contributed by atoms with Crippen LogP contribution in [-0.4, -0.2) is 52.4 Å². The number of hydrogen-bond donors (Lipinski definition) is 3. The van der Waals surface area contributed by atoms with Crippen LogP contribution in [0.4, 0.5) is 11.6 Å². The van der Waals surface area contributed by atoms with Crippen LogP contribution in [0.5, 0.6) is 0 Å². The highest BCUT2D eigenvalue weighted by Crippen LogP contribution is 2.40. The molecule has 0 amide bonds. The molecule has 2 aliphatic heterocycles. The first-order valence-corrected chi connectivity index (χ1v) is 10.3. The lowest BCUT2D eigenvalue weighted by atomic mass is 9.75. The van der Waals surface area contributed by atoms with Crippen LogP contribution in [0.25, 0.3) is 0 Å². The van der Waals surface area contributed by atoms with E-state index >= 15 is 0 Å². The zero-order valence-corrected chi connectivity index (χ0v) is 16.8. The van der Waals surface area contributed by atoms with E-state index < -0.39 is 0 Å². The highest BCUT2D eigenvalue weighted by molar-refractivity contribution is 7.99. The van der Waals surface area contributed by atoms with Gasteiger partial charge in [-0.15, -0.1) is 0 Å². The van der Waals surface area contributed by atoms with Gasteiger partial charge < -0.3 is 26.2 Å². The number of anilines is 2. The van der Waals surface area contributed by atoms with Crippen molar-refractivity contribution >= 4 is 35.0 Å². The van der Waals surface area contributed by atoms with Crippen molar-refractivity contribution in [2.24, 2.45) is 11.1 Å². The SMILES string of the molecule is [2H]c1nc(N2CCC3(CC2)COC[C@H]3N)c(CO)nc1Sc1ccnc(N)c1Cl. The number of nitrogens with zero attached hydrogens (tertiary/aromatic N) is 4. The summed E-state index contributed by atoms with van der Waals surface area (Å²) in [5, 5.41) is 10.5. The fourth-order valence-electron chi connectivity index (χ4n) is 3.74. The molecule has 8 nitrogen and oxygen atoms in total. The average Bonchev–Trinajstić information content (AvgIpc) is 3.07. The molecule has 150 valence electrons. The van der Waals surface area contributed by atoms with Crippen LogP contribution in [0.15, 0.2) is 28.4 Å². The molecule has 5 N–H and O–H groups in total. The smallest absolute Gasteiger partial charge is 0.152 e. The van der Waals surface area contributed by atoms with E-state index in [1.54, 1.807) is 12.3 Å². The standard InChI is InChI=1S/C18H23ClN6O2S/c19-15-12(1-4-22-16(15)21)28-14-7-23-17(11(8-26)24-14)25-5-2-18(3-6-25)10-27-9-13(18)20/h1,4,7,13,26H,2-3,5-6,8-10,20H2,(H2,21,22)/t13-/m1/s1/i7D. The van der Waals surface area contributed by atoms with Gasteiger partial charge in [0.05, 0.1) is 32.4 Å². The van der Waals surface area contributed by atoms with Crippen molar-refractivity contribution in [3.8, 4) is 0 Å². The zero-order chi connectivity index (χ0) is 20.6. The fraction of sp³-hybridized carbons (Fsp3) is 0.500. The summed E-state index contributed by atoms with van der Waals surface area (Å²) in [6.07, 6.45) is 3.34. The van der Waals surface area contributed by atoms with Crippen LogP contribution in [0.3, 0.4) is 0 Å². The quantitative estimate of drug-likeness (QED) is 0.673. The Hall–Kier alpha value is -1.65. The minimum atomic E-state index is -0.271. The maximum atomic E-state index is 9.88. The molecule has 2 aromatic heterocycles. The highest BCUT2D eigenvalue weighted by atomic mass is 35.5. The lowest BCUT2D eigenvalue weighted by Crippen LogP contribution is -2.49. The molecule has 0 bridgehead atoms. The van der Waals surface area contributed by atoms with Crippen molar-refractivity contribution in [1.29, 1.82) is 0 Å². The van der Waals surface area contributed by atoms with Gasteiger partial charge >= 0.3 is 0 Å². The first-order chi connectivity index (χ1) is 13.9. The number of pyridine rings is 1. The number of aromatic nitrogens is 3. The van der Waals surface area contributed by atoms with E-state index in [1.165, 1.54) is 11.8 Å². The first kappa shape index (κ1) is 18.4. The Morgan fingerprint density at radius 3 is 2.89 bits per heavy atom. The van der Waals surface area contributed by atoms with E-state index in [0.29, 0.717) is 39.7 Å². The lowest BCUT2D eigenvalue weighted by Gasteiger charge is -2.41. The number of aliphatic hydroxyl groups is 1. The van der Waals surface area contributed by atoms with Gasteiger partial charge in [-0.05, 0) is 18.9 Å². The Bertz CT molecular complexity index is 912. The van der Waals surface area contributed by atoms with Gasteiger partial charge in [0, 0.05) is 35.6 Å². The zero-order valence-electron chi connectivity index (χ0n) is 16.3. The van der Waals surface area contributed by atoms with E-state index in [-0.39, 0.29) is 30.1 Å². The Morgan fingerprint density at radius 2 is 2.21 bits per heavy atom. The second-order valence-corrected chi connectivity index (χ2v) is 8.56. The van der Waals surface area contributed by atoms with Crippen molar-refractivity contribution in [3.63, 3.8) is 0 Å². The van der Waals surface area contributed by atoms with Gasteiger partial charge in [0.25, 0.3) is 0 Å². The summed E-state index contributed by atoms with van der Waals surface area (Å²) in [5.74, 6) is 0.760. The van der Waals surface area contributed by atoms with Gasteiger partial charge in [0.2, 0.25) is 0 Å². The Balaban J connectivity index is 1.56. The van der Waals surface area contributed by atoms with Gasteiger partial charge in [0.15, 0.2) is 5.82 Å². The Kier molecular flexibility index (Phi) is 5.25. The number of nitrogens with two attached hydrogens (primary N) is 2. The largest absolute Gasteiger partial charge is 0.390 e. The van der Waals surface area contributed by atoms with Crippen LogP contribution in [0, 0.1) is 5.41 Å². The second kappa shape index (κ2) is 8.00. The molecule has 2 fully saturated rings. The third-order valence-corrected chi connectivity index (χ3v) is 6.97. The van der Waals surface area contributed by atoms with Crippen molar-refractivity contribution in [2.75, 3.05) is 36.9 Å². The summed E-state index contributed by atoms with van der Waals surface area (Å²) in [6, 6.07) is 1.75. The van der Waals surface area contributed by atoms with Crippen LogP contribution in [0.2, 0.25) is 5.02 Å². The summed E-state index contributed by atoms with van der Waals surface area (Å²) in [4.78, 5) is 15.6. The molecule has 2 aliphatic rings. The monoisotopic (exact) mass is 423 g/mol. The molecule has 28 heavy (non-hydrogen) atoms. The molecular formula is C18H23ClN6O2S. The van der Waals surface area contributed by atoms with Gasteiger partial charge in [0.1, 0.15) is 16.5 Å². The van der Waals surface area contributed by atoms with Crippen LogP contribution in [-0.2, 0) is 11.3 Å². The maximum absolute atomic E-state index is 9.88. The summed E-state index contributed by atoms with van der Waals surface area (Å²) in [6.45, 7) is 2.49. The van der Waals surface area contributed by atoms with E-state index in [9.17, 15) is 5.11 Å². The number of piperidine rings is 1. The molecule has 2 saturated heterocycles. The Morgan fingerprint density at radius 1 is 1.43 bits per heavy atom. The number of nitrogen functional groups attached to an aromatic ring is 1. The van der Waals surface area contributed by atoms with Gasteiger partial charge in [-0.1, -0.05) is 23.4 Å². The molecular weight excluding hydrogens is 400 g/mol. The minimum Gasteiger partial charge on any atom is -0.390 e. The Labute approximate surface area is 174 Å². The topological polar surface area (TPSA) is 123 Å². The van der Waals surface area contributed by atoms with E-state index in [1.807, 2.05) is 0 Å². The second-order valence-electron chi connectivity index (χ2n) is 7.15. The van der Waals surface area contributed by atoms with Crippen molar-refractivity contribution in [3.05, 3.63) is 29.2 Å². The van der Waals surface area contributed by atoms with Crippen LogP contribution in [0.1, 0.15) is 19.9 Å². The molecule has 1 spiro atoms. The lowest BCUT2D eigenvalue weighted by molar-refractivity contribution is 0.131. The summed E-state index contributed by atoms with van der Waals surface area (Å²) in [7, 11) is 0. The maximum Gasteiger partial charge on any atom is 0.152 e. The van der Waals surface area contributed by atoms with Gasteiger partial charge in [-0.25, -0.2) is 15.0 Å². The predicted octanol–water partition coefficient (Wildman–Crippen LogP) is 1.69. The highest BCUT2D eigenvalue weighted by Gasteiger charge is 2.44. The molecule has 10 heteroatoms. The third-order valence-electron chi connectivity index (χ3n) is 5.52. The number of hydrogen-bond acceptors (Lipinski definition) is 9. The molecule has 0 radical (unpaired) electrons. The third kappa shape index (κ3) is 3.65. The first-order valence-electron chi connectivity index (χ1n) is 9.58. The van der Waals surface area contributed by atoms with E-state index in [4.69, 9.17) is 29.2 Å². The van der Waals surface area contributed by atoms with E-state index in [2.05, 4.69) is 19.9 Å². The van der Waals surface area contributed by atoms with Crippen molar-refractivity contribution in [2.45, 2.75) is 35.4 Å².